The van der Waals surface area contributed by atoms with E-state index in [4.69, 9.17) is 4.74 Å². The Hall–Kier alpha value is -1.07. The van der Waals surface area contributed by atoms with Crippen molar-refractivity contribution in [2.45, 2.75) is 26.3 Å². The largest absolute Gasteiger partial charge is 0.385 e. The van der Waals surface area contributed by atoms with Gasteiger partial charge in [-0.3, -0.25) is 0 Å². The minimum absolute atomic E-state index is 0.791. The zero-order valence-corrected chi connectivity index (χ0v) is 12.1. The molecule has 0 saturated carbocycles. The summed E-state index contributed by atoms with van der Waals surface area (Å²) in [6, 6.07) is 0. The van der Waals surface area contributed by atoms with E-state index < -0.39 is 0 Å². The molecule has 0 spiro atoms. The molecule has 104 valence electrons. The minimum Gasteiger partial charge on any atom is -0.385 e. The number of anilines is 1. The third-order valence-corrected chi connectivity index (χ3v) is 2.95. The van der Waals surface area contributed by atoms with Crippen molar-refractivity contribution in [3.63, 3.8) is 0 Å². The Labute approximate surface area is 110 Å². The van der Waals surface area contributed by atoms with E-state index in [1.54, 1.807) is 7.11 Å². The summed E-state index contributed by atoms with van der Waals surface area (Å²) >= 11 is 0. The molecule has 0 aliphatic rings. The van der Waals surface area contributed by atoms with Crippen molar-refractivity contribution >= 4 is 5.95 Å². The van der Waals surface area contributed by atoms with Crippen molar-refractivity contribution in [2.24, 2.45) is 0 Å². The van der Waals surface area contributed by atoms with Crippen molar-refractivity contribution in [1.29, 1.82) is 0 Å². The maximum absolute atomic E-state index is 5.10. The first-order chi connectivity index (χ1) is 8.72. The summed E-state index contributed by atoms with van der Waals surface area (Å²) in [5.41, 5.74) is 1.15. The standard InChI is InChI=1S/C13H26N4O/c1-5-12-11-17(8-6-10-18-4)13(15-12)16(3)9-7-14-2/h11,14H,5-10H2,1-4H3. The molecule has 1 rings (SSSR count). The quantitative estimate of drug-likeness (QED) is 0.671. The van der Waals surface area contributed by atoms with Gasteiger partial charge in [0.2, 0.25) is 5.95 Å². The van der Waals surface area contributed by atoms with E-state index in [2.05, 4.69) is 39.9 Å². The van der Waals surface area contributed by atoms with Gasteiger partial charge in [-0.1, -0.05) is 6.92 Å². The number of aryl methyl sites for hydroxylation is 2. The van der Waals surface area contributed by atoms with Crippen molar-refractivity contribution in [3.05, 3.63) is 11.9 Å². The molecule has 1 N–H and O–H groups in total. The van der Waals surface area contributed by atoms with Crippen LogP contribution < -0.4 is 10.2 Å². The van der Waals surface area contributed by atoms with E-state index in [0.29, 0.717) is 0 Å². The van der Waals surface area contributed by atoms with Crippen LogP contribution in [0.15, 0.2) is 6.20 Å². The second-order valence-corrected chi connectivity index (χ2v) is 4.45. The fourth-order valence-electron chi connectivity index (χ4n) is 1.86. The summed E-state index contributed by atoms with van der Waals surface area (Å²) in [7, 11) is 5.80. The van der Waals surface area contributed by atoms with Gasteiger partial charge < -0.3 is 19.5 Å². The predicted octanol–water partition coefficient (Wildman–Crippen LogP) is 1.14. The summed E-state index contributed by atoms with van der Waals surface area (Å²) in [5, 5.41) is 3.16. The predicted molar refractivity (Wildman–Crippen MR) is 75.3 cm³/mol. The molecular weight excluding hydrogens is 228 g/mol. The van der Waals surface area contributed by atoms with Gasteiger partial charge in [-0.05, 0) is 19.9 Å². The Bertz CT molecular complexity index is 338. The molecule has 0 saturated heterocycles. The lowest BCUT2D eigenvalue weighted by atomic mass is 10.4. The van der Waals surface area contributed by atoms with Gasteiger partial charge in [-0.2, -0.15) is 0 Å². The van der Waals surface area contributed by atoms with Gasteiger partial charge in [-0.25, -0.2) is 4.98 Å². The number of likely N-dealkylation sites (N-methyl/N-ethyl adjacent to an activating group) is 2. The lowest BCUT2D eigenvalue weighted by molar-refractivity contribution is 0.190. The maximum Gasteiger partial charge on any atom is 0.205 e. The van der Waals surface area contributed by atoms with Crippen molar-refractivity contribution in [1.82, 2.24) is 14.9 Å². The zero-order chi connectivity index (χ0) is 13.4. The molecule has 0 aliphatic carbocycles. The van der Waals surface area contributed by atoms with Gasteiger partial charge in [0.25, 0.3) is 0 Å². The Morgan fingerprint density at radius 1 is 1.50 bits per heavy atom. The average molecular weight is 254 g/mol. The summed E-state index contributed by atoms with van der Waals surface area (Å²) in [6.45, 7) is 5.81. The number of hydrogen-bond donors (Lipinski definition) is 1. The van der Waals surface area contributed by atoms with Gasteiger partial charge >= 0.3 is 0 Å². The molecule has 0 aliphatic heterocycles. The van der Waals surface area contributed by atoms with E-state index in [1.165, 1.54) is 0 Å². The fraction of sp³-hybridized carbons (Fsp3) is 0.769. The molecule has 1 aromatic heterocycles. The van der Waals surface area contributed by atoms with Gasteiger partial charge in [0.1, 0.15) is 0 Å². The van der Waals surface area contributed by atoms with Crippen LogP contribution in [0.3, 0.4) is 0 Å². The molecule has 0 fully saturated rings. The molecule has 5 heteroatoms. The lowest BCUT2D eigenvalue weighted by Crippen LogP contribution is -2.29. The topological polar surface area (TPSA) is 42.3 Å². The van der Waals surface area contributed by atoms with Crippen LogP contribution in [0, 0.1) is 0 Å². The smallest absolute Gasteiger partial charge is 0.205 e. The van der Waals surface area contributed by atoms with Crippen LogP contribution in [0.25, 0.3) is 0 Å². The van der Waals surface area contributed by atoms with Crippen molar-refractivity contribution in [2.75, 3.05) is 45.8 Å². The van der Waals surface area contributed by atoms with Gasteiger partial charge in [0.05, 0.1) is 5.69 Å². The highest BCUT2D eigenvalue weighted by atomic mass is 16.5. The molecular formula is C13H26N4O. The first-order valence-electron chi connectivity index (χ1n) is 6.63. The first-order valence-corrected chi connectivity index (χ1v) is 6.63. The second kappa shape index (κ2) is 8.11. The molecule has 0 amide bonds. The average Bonchev–Trinajstić information content (AvgIpc) is 2.79. The Kier molecular flexibility index (Phi) is 6.75. The molecule has 0 bridgehead atoms. The number of rotatable bonds is 9. The van der Waals surface area contributed by atoms with Crippen LogP contribution >= 0.6 is 0 Å². The number of nitrogens with zero attached hydrogens (tertiary/aromatic N) is 3. The molecule has 18 heavy (non-hydrogen) atoms. The third kappa shape index (κ3) is 4.31. The Morgan fingerprint density at radius 2 is 2.28 bits per heavy atom. The lowest BCUT2D eigenvalue weighted by Gasteiger charge is -2.19. The zero-order valence-electron chi connectivity index (χ0n) is 12.1. The highest BCUT2D eigenvalue weighted by Crippen LogP contribution is 2.14. The Balaban J connectivity index is 2.70. The third-order valence-electron chi connectivity index (χ3n) is 2.95. The first kappa shape index (κ1) is 15.0. The summed E-state index contributed by atoms with van der Waals surface area (Å²) in [6.07, 6.45) is 4.15. The normalized spacial score (nSPS) is 10.9. The number of hydrogen-bond acceptors (Lipinski definition) is 4. The number of imidazole rings is 1. The minimum atomic E-state index is 0.791. The van der Waals surface area contributed by atoms with Crippen LogP contribution in [0.2, 0.25) is 0 Å². The monoisotopic (exact) mass is 254 g/mol. The molecule has 0 aromatic carbocycles. The number of nitrogens with one attached hydrogen (secondary N) is 1. The Morgan fingerprint density at radius 3 is 2.89 bits per heavy atom. The molecule has 1 aromatic rings. The van der Waals surface area contributed by atoms with Crippen LogP contribution in [0.5, 0.6) is 0 Å². The van der Waals surface area contributed by atoms with Crippen LogP contribution in [0.1, 0.15) is 19.0 Å². The van der Waals surface area contributed by atoms with Crippen LogP contribution in [0.4, 0.5) is 5.95 Å². The van der Waals surface area contributed by atoms with E-state index >= 15 is 0 Å². The maximum atomic E-state index is 5.10. The SMILES string of the molecule is CCc1cn(CCCOC)c(N(C)CCNC)n1. The van der Waals surface area contributed by atoms with E-state index in [0.717, 1.165) is 50.7 Å². The molecule has 5 nitrogen and oxygen atoms in total. The summed E-state index contributed by atoms with van der Waals surface area (Å²) in [5.74, 6) is 1.05. The van der Waals surface area contributed by atoms with Gasteiger partial charge in [0.15, 0.2) is 0 Å². The van der Waals surface area contributed by atoms with Crippen molar-refractivity contribution < 1.29 is 4.74 Å². The van der Waals surface area contributed by atoms with Gasteiger partial charge in [0, 0.05) is 46.6 Å². The number of aromatic nitrogens is 2. The second-order valence-electron chi connectivity index (χ2n) is 4.45. The van der Waals surface area contributed by atoms with E-state index in [9.17, 15) is 0 Å². The fourth-order valence-corrected chi connectivity index (χ4v) is 1.86. The van der Waals surface area contributed by atoms with Gasteiger partial charge in [-0.15, -0.1) is 0 Å². The number of methoxy groups -OCH3 is 1. The molecule has 0 radical (unpaired) electrons. The molecule has 0 unspecified atom stereocenters. The van der Waals surface area contributed by atoms with E-state index in [-0.39, 0.29) is 0 Å². The highest BCUT2D eigenvalue weighted by Gasteiger charge is 2.10. The van der Waals surface area contributed by atoms with Crippen LogP contribution in [-0.4, -0.2) is 50.5 Å². The van der Waals surface area contributed by atoms with Crippen molar-refractivity contribution in [3.8, 4) is 0 Å². The number of ether oxygens (including phenoxy) is 1. The molecule has 1 heterocycles. The summed E-state index contributed by atoms with van der Waals surface area (Å²) < 4.78 is 7.33. The van der Waals surface area contributed by atoms with E-state index in [1.807, 2.05) is 7.05 Å². The summed E-state index contributed by atoms with van der Waals surface area (Å²) in [4.78, 5) is 6.88. The highest BCUT2D eigenvalue weighted by molar-refractivity contribution is 5.32. The van der Waals surface area contributed by atoms with Crippen LogP contribution in [-0.2, 0) is 17.7 Å². The molecule has 0 atom stereocenters.